The lowest BCUT2D eigenvalue weighted by Crippen LogP contribution is -2.35. The van der Waals surface area contributed by atoms with Crippen LogP contribution in [0.1, 0.15) is 16.7 Å². The van der Waals surface area contributed by atoms with Crippen LogP contribution in [-0.4, -0.2) is 44.3 Å². The minimum Gasteiger partial charge on any atom is -0.379 e. The SMILES string of the molecule is CN(C(=O)Nc1cc(C(F)(F)F)cc(C(F)(F)F)c1)c1ccc(CN2CCOCC2)cc1. The van der Waals surface area contributed by atoms with Crippen LogP contribution in [0, 0.1) is 0 Å². The predicted octanol–water partition coefficient (Wildman–Crippen LogP) is 5.22. The Bertz CT molecular complexity index is 906. The molecule has 3 rings (SSSR count). The maximum absolute atomic E-state index is 13.0. The number of carbonyl (C=O) groups excluding carboxylic acids is 1. The zero-order chi connectivity index (χ0) is 23.5. The molecular weight excluding hydrogens is 440 g/mol. The van der Waals surface area contributed by atoms with E-state index >= 15 is 0 Å². The van der Waals surface area contributed by atoms with Crippen LogP contribution < -0.4 is 10.2 Å². The number of morpholine rings is 1. The van der Waals surface area contributed by atoms with E-state index in [9.17, 15) is 31.1 Å². The Kier molecular flexibility index (Phi) is 6.99. The van der Waals surface area contributed by atoms with Crippen molar-refractivity contribution in [3.05, 3.63) is 59.2 Å². The molecule has 0 unspecified atom stereocenters. The maximum Gasteiger partial charge on any atom is 0.416 e. The van der Waals surface area contributed by atoms with E-state index in [-0.39, 0.29) is 6.07 Å². The Balaban J connectivity index is 1.72. The van der Waals surface area contributed by atoms with E-state index in [1.54, 1.807) is 24.3 Å². The van der Waals surface area contributed by atoms with Crippen molar-refractivity contribution in [3.8, 4) is 0 Å². The quantitative estimate of drug-likeness (QED) is 0.635. The van der Waals surface area contributed by atoms with Gasteiger partial charge in [0.2, 0.25) is 0 Å². The van der Waals surface area contributed by atoms with Crippen molar-refractivity contribution in [1.29, 1.82) is 0 Å². The molecule has 5 nitrogen and oxygen atoms in total. The van der Waals surface area contributed by atoms with E-state index in [4.69, 9.17) is 4.74 Å². The number of carbonyl (C=O) groups is 1. The third-order valence-corrected chi connectivity index (χ3v) is 4.98. The van der Waals surface area contributed by atoms with Gasteiger partial charge in [-0.1, -0.05) is 12.1 Å². The van der Waals surface area contributed by atoms with Crippen LogP contribution in [0.15, 0.2) is 42.5 Å². The van der Waals surface area contributed by atoms with Gasteiger partial charge in [-0.15, -0.1) is 0 Å². The Hall–Kier alpha value is -2.79. The fraction of sp³-hybridized carbons (Fsp3) is 0.381. The number of nitrogens with one attached hydrogen (secondary N) is 1. The Labute approximate surface area is 180 Å². The summed E-state index contributed by atoms with van der Waals surface area (Å²) in [4.78, 5) is 15.8. The number of urea groups is 1. The normalized spacial score (nSPS) is 15.5. The third kappa shape index (κ3) is 6.13. The molecule has 11 heteroatoms. The molecule has 1 saturated heterocycles. The summed E-state index contributed by atoms with van der Waals surface area (Å²) in [5.41, 5.74) is -2.18. The third-order valence-electron chi connectivity index (χ3n) is 4.98. The van der Waals surface area contributed by atoms with Crippen LogP contribution in [0.3, 0.4) is 0 Å². The summed E-state index contributed by atoms with van der Waals surface area (Å²) < 4.78 is 83.3. The van der Waals surface area contributed by atoms with E-state index in [2.05, 4.69) is 10.2 Å². The van der Waals surface area contributed by atoms with Crippen molar-refractivity contribution < 1.29 is 35.9 Å². The van der Waals surface area contributed by atoms with Crippen molar-refractivity contribution in [2.24, 2.45) is 0 Å². The summed E-state index contributed by atoms with van der Waals surface area (Å²) in [6.45, 7) is 3.63. The number of amides is 2. The van der Waals surface area contributed by atoms with E-state index in [1.807, 2.05) is 0 Å². The van der Waals surface area contributed by atoms with E-state index in [0.717, 1.165) is 23.6 Å². The standard InChI is InChI=1S/C21H21F6N3O2/c1-29(18-4-2-14(3-5-18)13-30-6-8-32-9-7-30)19(31)28-17-11-15(20(22,23)24)10-16(12-17)21(25,26)27/h2-5,10-12H,6-9,13H2,1H3,(H,28,31). The molecule has 174 valence electrons. The van der Waals surface area contributed by atoms with Crippen molar-refractivity contribution in [2.75, 3.05) is 43.6 Å². The molecule has 1 aliphatic heterocycles. The second-order valence-corrected chi connectivity index (χ2v) is 7.34. The first-order valence-corrected chi connectivity index (χ1v) is 9.67. The van der Waals surface area contributed by atoms with Crippen LogP contribution in [0.25, 0.3) is 0 Å². The molecule has 2 aromatic carbocycles. The molecule has 0 aromatic heterocycles. The summed E-state index contributed by atoms with van der Waals surface area (Å²) in [5, 5.41) is 2.11. The lowest BCUT2D eigenvalue weighted by atomic mass is 10.1. The molecule has 0 atom stereocenters. The average Bonchev–Trinajstić information content (AvgIpc) is 2.73. The first-order valence-electron chi connectivity index (χ1n) is 9.67. The maximum atomic E-state index is 13.0. The predicted molar refractivity (Wildman–Crippen MR) is 106 cm³/mol. The van der Waals surface area contributed by atoms with Gasteiger partial charge >= 0.3 is 18.4 Å². The van der Waals surface area contributed by atoms with E-state index in [0.29, 0.717) is 37.6 Å². The first kappa shape index (κ1) is 23.9. The molecule has 1 aliphatic rings. The van der Waals surface area contributed by atoms with Gasteiger partial charge in [-0.3, -0.25) is 9.80 Å². The van der Waals surface area contributed by atoms with Gasteiger partial charge in [0.15, 0.2) is 0 Å². The number of nitrogens with zero attached hydrogens (tertiary/aromatic N) is 2. The fourth-order valence-corrected chi connectivity index (χ4v) is 3.19. The topological polar surface area (TPSA) is 44.8 Å². The first-order chi connectivity index (χ1) is 14.9. The highest BCUT2D eigenvalue weighted by atomic mass is 19.4. The highest BCUT2D eigenvalue weighted by molar-refractivity contribution is 6.01. The molecule has 1 heterocycles. The number of halogens is 6. The van der Waals surface area contributed by atoms with Gasteiger partial charge in [-0.25, -0.2) is 4.79 Å². The van der Waals surface area contributed by atoms with Gasteiger partial charge in [0.25, 0.3) is 0 Å². The highest BCUT2D eigenvalue weighted by Gasteiger charge is 2.37. The molecular formula is C21H21F6N3O2. The number of ether oxygens (including phenoxy) is 1. The van der Waals surface area contributed by atoms with Gasteiger partial charge in [0.1, 0.15) is 0 Å². The number of rotatable bonds is 4. The Morgan fingerprint density at radius 3 is 2.00 bits per heavy atom. The van der Waals surface area contributed by atoms with Crippen LogP contribution in [0.5, 0.6) is 0 Å². The summed E-state index contributed by atoms with van der Waals surface area (Å²) in [7, 11) is 1.37. The highest BCUT2D eigenvalue weighted by Crippen LogP contribution is 2.37. The van der Waals surface area contributed by atoms with Gasteiger partial charge < -0.3 is 10.1 Å². The van der Waals surface area contributed by atoms with Crippen LogP contribution in [-0.2, 0) is 23.6 Å². The fourth-order valence-electron chi connectivity index (χ4n) is 3.19. The van der Waals surface area contributed by atoms with Gasteiger partial charge in [0, 0.05) is 38.1 Å². The van der Waals surface area contributed by atoms with E-state index in [1.165, 1.54) is 7.05 Å². The smallest absolute Gasteiger partial charge is 0.379 e. The largest absolute Gasteiger partial charge is 0.416 e. The zero-order valence-electron chi connectivity index (χ0n) is 17.1. The van der Waals surface area contributed by atoms with E-state index < -0.39 is 35.2 Å². The molecule has 0 radical (unpaired) electrons. The molecule has 1 N–H and O–H groups in total. The van der Waals surface area contributed by atoms with Crippen molar-refractivity contribution in [3.63, 3.8) is 0 Å². The summed E-state index contributed by atoms with van der Waals surface area (Å²) in [6.07, 6.45) is -9.99. The van der Waals surface area contributed by atoms with Crippen molar-refractivity contribution in [1.82, 2.24) is 4.90 Å². The number of hydrogen-bond acceptors (Lipinski definition) is 3. The molecule has 0 spiro atoms. The molecule has 0 bridgehead atoms. The van der Waals surface area contributed by atoms with Gasteiger partial charge in [-0.2, -0.15) is 26.3 Å². The minimum atomic E-state index is -5.00. The van der Waals surface area contributed by atoms with Crippen molar-refractivity contribution in [2.45, 2.75) is 18.9 Å². The summed E-state index contributed by atoms with van der Waals surface area (Å²) in [6, 6.07) is 6.98. The second-order valence-electron chi connectivity index (χ2n) is 7.34. The molecule has 2 aromatic rings. The lowest BCUT2D eigenvalue weighted by Gasteiger charge is -2.26. The molecule has 1 fully saturated rings. The summed E-state index contributed by atoms with van der Waals surface area (Å²) >= 11 is 0. The number of alkyl halides is 6. The van der Waals surface area contributed by atoms with Gasteiger partial charge in [-0.05, 0) is 35.9 Å². The average molecular weight is 461 g/mol. The van der Waals surface area contributed by atoms with Crippen LogP contribution >= 0.6 is 0 Å². The lowest BCUT2D eigenvalue weighted by molar-refractivity contribution is -0.143. The van der Waals surface area contributed by atoms with Crippen molar-refractivity contribution >= 4 is 17.4 Å². The molecule has 0 aliphatic carbocycles. The number of hydrogen-bond donors (Lipinski definition) is 1. The second kappa shape index (κ2) is 9.37. The minimum absolute atomic E-state index is 0.00651. The molecule has 0 saturated carbocycles. The summed E-state index contributed by atoms with van der Waals surface area (Å²) in [5.74, 6) is 0. The van der Waals surface area contributed by atoms with Crippen LogP contribution in [0.2, 0.25) is 0 Å². The number of benzene rings is 2. The zero-order valence-corrected chi connectivity index (χ0v) is 17.1. The monoisotopic (exact) mass is 461 g/mol. The molecule has 32 heavy (non-hydrogen) atoms. The number of anilines is 2. The van der Waals surface area contributed by atoms with Crippen LogP contribution in [0.4, 0.5) is 42.5 Å². The molecule has 2 amide bonds. The Morgan fingerprint density at radius 2 is 1.50 bits per heavy atom. The van der Waals surface area contributed by atoms with Gasteiger partial charge in [0.05, 0.1) is 24.3 Å². The Morgan fingerprint density at radius 1 is 0.969 bits per heavy atom.